The molecule has 104 valence electrons. The van der Waals surface area contributed by atoms with Crippen molar-refractivity contribution in [2.24, 2.45) is 5.92 Å². The van der Waals surface area contributed by atoms with Gasteiger partial charge in [-0.2, -0.15) is 13.2 Å². The second-order valence-corrected chi connectivity index (χ2v) is 4.81. The van der Waals surface area contributed by atoms with Gasteiger partial charge in [0, 0.05) is 6.54 Å². The molecule has 1 aliphatic rings. The molecule has 0 bridgehead atoms. The van der Waals surface area contributed by atoms with Crippen molar-refractivity contribution < 1.29 is 18.0 Å². The molecule has 1 aromatic rings. The summed E-state index contributed by atoms with van der Waals surface area (Å²) in [5, 5.41) is 2.78. The number of halogens is 3. The second-order valence-electron chi connectivity index (χ2n) is 4.81. The lowest BCUT2D eigenvalue weighted by Crippen LogP contribution is -2.31. The predicted octanol–water partition coefficient (Wildman–Crippen LogP) is 2.65. The number of urea groups is 1. The zero-order chi connectivity index (χ0) is 14.2. The summed E-state index contributed by atoms with van der Waals surface area (Å²) in [4.78, 5) is 16.5. The van der Waals surface area contributed by atoms with Crippen LogP contribution in [0, 0.1) is 5.92 Å². The second kappa shape index (κ2) is 4.71. The fourth-order valence-electron chi connectivity index (χ4n) is 1.88. The molecule has 7 heteroatoms. The lowest BCUT2D eigenvalue weighted by molar-refractivity contribution is -0.141. The van der Waals surface area contributed by atoms with Crippen LogP contribution in [0.2, 0.25) is 0 Å². The first kappa shape index (κ1) is 13.6. The predicted molar refractivity (Wildman–Crippen MR) is 63.7 cm³/mol. The van der Waals surface area contributed by atoms with Crippen molar-refractivity contribution in [2.75, 3.05) is 11.4 Å². The summed E-state index contributed by atoms with van der Waals surface area (Å²) in [5.74, 6) is 0.261. The molecule has 0 aliphatic carbocycles. The number of amides is 2. The average molecular weight is 273 g/mol. The molecular weight excluding hydrogens is 259 g/mol. The molecule has 1 aliphatic heterocycles. The van der Waals surface area contributed by atoms with Crippen molar-refractivity contribution in [3.8, 4) is 0 Å². The Hall–Kier alpha value is -1.79. The van der Waals surface area contributed by atoms with Gasteiger partial charge < -0.3 is 5.32 Å². The third-order valence-electron chi connectivity index (χ3n) is 3.09. The number of hydrogen-bond donors (Lipinski definition) is 1. The Morgan fingerprint density at radius 2 is 2.11 bits per heavy atom. The molecule has 0 radical (unpaired) electrons. The summed E-state index contributed by atoms with van der Waals surface area (Å²) in [6.07, 6.45) is -3.39. The third kappa shape index (κ3) is 2.80. The Balaban J connectivity index is 2.17. The molecule has 1 aromatic heterocycles. The van der Waals surface area contributed by atoms with E-state index in [1.165, 1.54) is 11.0 Å². The molecule has 0 saturated carbocycles. The molecule has 4 nitrogen and oxygen atoms in total. The number of alkyl halides is 3. The average Bonchev–Trinajstić information content (AvgIpc) is 2.70. The number of carbonyl (C=O) groups excluding carboxylic acids is 1. The minimum atomic E-state index is -4.47. The van der Waals surface area contributed by atoms with Gasteiger partial charge in [-0.1, -0.05) is 13.8 Å². The van der Waals surface area contributed by atoms with Crippen molar-refractivity contribution >= 4 is 11.7 Å². The highest BCUT2D eigenvalue weighted by Crippen LogP contribution is 2.29. The molecule has 19 heavy (non-hydrogen) atoms. The first-order valence-corrected chi connectivity index (χ1v) is 5.90. The van der Waals surface area contributed by atoms with E-state index in [0.29, 0.717) is 12.2 Å². The van der Waals surface area contributed by atoms with Crippen LogP contribution in [-0.2, 0) is 6.18 Å². The Labute approximate surface area is 108 Å². The van der Waals surface area contributed by atoms with E-state index in [-0.39, 0.29) is 18.0 Å². The van der Waals surface area contributed by atoms with Gasteiger partial charge in [-0.25, -0.2) is 9.78 Å². The van der Waals surface area contributed by atoms with Crippen LogP contribution in [0.3, 0.4) is 0 Å². The zero-order valence-corrected chi connectivity index (χ0v) is 10.5. The molecule has 1 N–H and O–H groups in total. The molecule has 1 fully saturated rings. The van der Waals surface area contributed by atoms with Crippen LogP contribution in [0.4, 0.5) is 23.7 Å². The van der Waals surface area contributed by atoms with E-state index in [9.17, 15) is 18.0 Å². The highest BCUT2D eigenvalue weighted by Gasteiger charge is 2.34. The van der Waals surface area contributed by atoms with E-state index in [2.05, 4.69) is 10.3 Å². The van der Waals surface area contributed by atoms with Crippen molar-refractivity contribution in [2.45, 2.75) is 26.1 Å². The van der Waals surface area contributed by atoms with Gasteiger partial charge in [0.2, 0.25) is 0 Å². The van der Waals surface area contributed by atoms with Gasteiger partial charge in [0.15, 0.2) is 0 Å². The number of pyridine rings is 1. The number of nitrogens with zero attached hydrogens (tertiary/aromatic N) is 2. The highest BCUT2D eigenvalue weighted by molar-refractivity contribution is 5.94. The molecular formula is C12H14F3N3O. The van der Waals surface area contributed by atoms with Crippen molar-refractivity contribution in [3.63, 3.8) is 0 Å². The Bertz CT molecular complexity index is 470. The molecule has 0 spiro atoms. The van der Waals surface area contributed by atoms with Crippen LogP contribution in [-0.4, -0.2) is 23.6 Å². The van der Waals surface area contributed by atoms with E-state index < -0.39 is 11.9 Å². The zero-order valence-electron chi connectivity index (χ0n) is 10.5. The highest BCUT2D eigenvalue weighted by atomic mass is 19.4. The van der Waals surface area contributed by atoms with Gasteiger partial charge in [-0.3, -0.25) is 4.90 Å². The number of rotatable bonds is 2. The van der Waals surface area contributed by atoms with E-state index in [4.69, 9.17) is 0 Å². The minimum absolute atomic E-state index is 0.00482. The van der Waals surface area contributed by atoms with Crippen LogP contribution < -0.4 is 10.2 Å². The maximum absolute atomic E-state index is 12.4. The van der Waals surface area contributed by atoms with Gasteiger partial charge in [0.05, 0.1) is 17.9 Å². The summed E-state index contributed by atoms with van der Waals surface area (Å²) >= 11 is 0. The van der Waals surface area contributed by atoms with Crippen LogP contribution >= 0.6 is 0 Å². The Morgan fingerprint density at radius 3 is 2.53 bits per heavy atom. The largest absolute Gasteiger partial charge is 0.433 e. The van der Waals surface area contributed by atoms with Crippen molar-refractivity contribution in [1.29, 1.82) is 0 Å². The maximum atomic E-state index is 12.4. The molecule has 0 unspecified atom stereocenters. The van der Waals surface area contributed by atoms with Gasteiger partial charge in [0.25, 0.3) is 0 Å². The topological polar surface area (TPSA) is 45.2 Å². The SMILES string of the molecule is CC(C)[C@H]1CN(c2ccc(C(F)(F)F)nc2)C(=O)N1. The standard InChI is InChI=1S/C12H14F3N3O/c1-7(2)9-6-18(11(19)17-9)8-3-4-10(16-5-8)12(13,14)15/h3-5,7,9H,6H2,1-2H3,(H,17,19)/t9-/m1/s1. The molecule has 2 amide bonds. The first-order valence-electron chi connectivity index (χ1n) is 5.90. The molecule has 1 atom stereocenters. The summed E-state index contributed by atoms with van der Waals surface area (Å²) < 4.78 is 37.2. The molecule has 0 aromatic carbocycles. The van der Waals surface area contributed by atoms with Gasteiger partial charge in [0.1, 0.15) is 5.69 Å². The van der Waals surface area contributed by atoms with Crippen LogP contribution in [0.25, 0.3) is 0 Å². The third-order valence-corrected chi connectivity index (χ3v) is 3.09. The quantitative estimate of drug-likeness (QED) is 0.900. The van der Waals surface area contributed by atoms with Crippen molar-refractivity contribution in [3.05, 3.63) is 24.0 Å². The van der Waals surface area contributed by atoms with Gasteiger partial charge in [-0.15, -0.1) is 0 Å². The summed E-state index contributed by atoms with van der Waals surface area (Å²) in [6.45, 7) is 4.38. The normalized spacial score (nSPS) is 20.0. The van der Waals surface area contributed by atoms with E-state index >= 15 is 0 Å². The van der Waals surface area contributed by atoms with E-state index in [1.54, 1.807) is 0 Å². The summed E-state index contributed by atoms with van der Waals surface area (Å²) in [7, 11) is 0. The van der Waals surface area contributed by atoms with E-state index in [1.807, 2.05) is 13.8 Å². The van der Waals surface area contributed by atoms with Gasteiger partial charge in [-0.05, 0) is 18.1 Å². The van der Waals surface area contributed by atoms with Crippen LogP contribution in [0.15, 0.2) is 18.3 Å². The molecule has 2 rings (SSSR count). The fourth-order valence-corrected chi connectivity index (χ4v) is 1.88. The minimum Gasteiger partial charge on any atom is -0.333 e. The monoisotopic (exact) mass is 273 g/mol. The number of hydrogen-bond acceptors (Lipinski definition) is 2. The number of anilines is 1. The maximum Gasteiger partial charge on any atom is 0.433 e. The van der Waals surface area contributed by atoms with E-state index in [0.717, 1.165) is 12.3 Å². The Kier molecular flexibility index (Phi) is 3.38. The smallest absolute Gasteiger partial charge is 0.333 e. The lowest BCUT2D eigenvalue weighted by atomic mass is 10.1. The fraction of sp³-hybridized carbons (Fsp3) is 0.500. The van der Waals surface area contributed by atoms with Crippen LogP contribution in [0.1, 0.15) is 19.5 Å². The van der Waals surface area contributed by atoms with Crippen molar-refractivity contribution in [1.82, 2.24) is 10.3 Å². The van der Waals surface area contributed by atoms with Gasteiger partial charge >= 0.3 is 12.2 Å². The Morgan fingerprint density at radius 1 is 1.42 bits per heavy atom. The summed E-state index contributed by atoms with van der Waals surface area (Å²) in [6, 6.07) is 1.83. The lowest BCUT2D eigenvalue weighted by Gasteiger charge is -2.16. The number of carbonyl (C=O) groups is 1. The number of aromatic nitrogens is 1. The van der Waals surface area contributed by atoms with Crippen LogP contribution in [0.5, 0.6) is 0 Å². The summed E-state index contributed by atoms with van der Waals surface area (Å²) in [5.41, 5.74) is -0.593. The number of nitrogens with one attached hydrogen (secondary N) is 1. The molecule has 1 saturated heterocycles. The molecule has 2 heterocycles. The first-order chi connectivity index (χ1) is 8.79.